The van der Waals surface area contributed by atoms with Gasteiger partial charge in [0, 0.05) is 5.38 Å². The molecule has 1 unspecified atom stereocenters. The summed E-state index contributed by atoms with van der Waals surface area (Å²) in [6.45, 7) is 5.60. The second-order valence-electron chi connectivity index (χ2n) is 4.97. The van der Waals surface area contributed by atoms with Crippen molar-refractivity contribution in [3.8, 4) is 0 Å². The molecular formula is C13H22N2S. The van der Waals surface area contributed by atoms with Gasteiger partial charge >= 0.3 is 0 Å². The predicted octanol–water partition coefficient (Wildman–Crippen LogP) is 3.62. The second-order valence-corrected chi connectivity index (χ2v) is 5.69. The molecular weight excluding hydrogens is 216 g/mol. The Kier molecular flexibility index (Phi) is 4.36. The Bertz CT molecular complexity index is 289. The summed E-state index contributed by atoms with van der Waals surface area (Å²) < 4.78 is 0. The number of hydrogen-bond acceptors (Lipinski definition) is 3. The Labute approximate surface area is 102 Å². The maximum atomic E-state index is 4.49. The van der Waals surface area contributed by atoms with E-state index in [1.165, 1.54) is 31.4 Å². The van der Waals surface area contributed by atoms with E-state index in [-0.39, 0.29) is 0 Å². The lowest BCUT2D eigenvalue weighted by molar-refractivity contribution is 0.231. The van der Waals surface area contributed by atoms with Crippen LogP contribution in [0, 0.1) is 11.8 Å². The molecule has 1 heterocycles. The summed E-state index contributed by atoms with van der Waals surface area (Å²) in [7, 11) is 0. The van der Waals surface area contributed by atoms with Crippen molar-refractivity contribution in [1.82, 2.24) is 10.3 Å². The summed E-state index contributed by atoms with van der Waals surface area (Å²) in [5.74, 6) is 1.72. The van der Waals surface area contributed by atoms with E-state index in [9.17, 15) is 0 Å². The number of nitrogens with zero attached hydrogens (tertiary/aromatic N) is 1. The zero-order valence-corrected chi connectivity index (χ0v) is 11.1. The minimum absolute atomic E-state index is 0.490. The Hall–Kier alpha value is -0.410. The van der Waals surface area contributed by atoms with E-state index >= 15 is 0 Å². The van der Waals surface area contributed by atoms with Gasteiger partial charge in [0.1, 0.15) is 0 Å². The van der Waals surface area contributed by atoms with Gasteiger partial charge in [-0.3, -0.25) is 0 Å². The van der Waals surface area contributed by atoms with E-state index in [0.29, 0.717) is 6.04 Å². The van der Waals surface area contributed by atoms with Gasteiger partial charge in [0.15, 0.2) is 0 Å². The molecule has 0 aromatic carbocycles. The van der Waals surface area contributed by atoms with Crippen LogP contribution in [-0.4, -0.2) is 11.5 Å². The van der Waals surface area contributed by atoms with E-state index in [2.05, 4.69) is 29.5 Å². The lowest BCUT2D eigenvalue weighted by Gasteiger charge is -2.32. The third-order valence-corrected chi connectivity index (χ3v) is 4.33. The van der Waals surface area contributed by atoms with Crippen LogP contribution in [0.1, 0.15) is 51.3 Å². The van der Waals surface area contributed by atoms with Crippen LogP contribution in [0.4, 0.5) is 0 Å². The first-order chi connectivity index (χ1) is 7.81. The molecule has 0 amide bonds. The molecule has 0 aliphatic heterocycles. The highest BCUT2D eigenvalue weighted by molar-refractivity contribution is 7.07. The van der Waals surface area contributed by atoms with Gasteiger partial charge in [-0.05, 0) is 31.2 Å². The van der Waals surface area contributed by atoms with E-state index < -0.39 is 0 Å². The third kappa shape index (κ3) is 2.83. The summed E-state index contributed by atoms with van der Waals surface area (Å²) in [6, 6.07) is 0.490. The van der Waals surface area contributed by atoms with Gasteiger partial charge in [-0.2, -0.15) is 0 Å². The van der Waals surface area contributed by atoms with Crippen molar-refractivity contribution in [3.63, 3.8) is 0 Å². The average molecular weight is 238 g/mol. The Morgan fingerprint density at radius 3 is 2.75 bits per heavy atom. The van der Waals surface area contributed by atoms with E-state index in [1.807, 2.05) is 5.51 Å². The molecule has 1 atom stereocenters. The number of hydrogen-bond donors (Lipinski definition) is 1. The van der Waals surface area contributed by atoms with Crippen LogP contribution >= 0.6 is 11.3 Å². The molecule has 3 heteroatoms. The van der Waals surface area contributed by atoms with E-state index in [4.69, 9.17) is 0 Å². The van der Waals surface area contributed by atoms with Crippen LogP contribution in [0.3, 0.4) is 0 Å². The molecule has 1 fully saturated rings. The zero-order chi connectivity index (χ0) is 11.4. The topological polar surface area (TPSA) is 24.9 Å². The van der Waals surface area contributed by atoms with Crippen molar-refractivity contribution in [2.75, 3.05) is 6.54 Å². The summed E-state index contributed by atoms with van der Waals surface area (Å²) in [5, 5.41) is 5.81. The molecule has 2 nitrogen and oxygen atoms in total. The Morgan fingerprint density at radius 1 is 1.44 bits per heavy atom. The minimum atomic E-state index is 0.490. The van der Waals surface area contributed by atoms with Crippen LogP contribution in [0.15, 0.2) is 10.9 Å². The van der Waals surface area contributed by atoms with Gasteiger partial charge < -0.3 is 5.32 Å². The third-order valence-electron chi connectivity index (χ3n) is 3.73. The zero-order valence-electron chi connectivity index (χ0n) is 10.3. The molecule has 1 aromatic rings. The smallest absolute Gasteiger partial charge is 0.0795 e. The number of thiazole rings is 1. The van der Waals surface area contributed by atoms with Crippen molar-refractivity contribution in [1.29, 1.82) is 0 Å². The van der Waals surface area contributed by atoms with Crippen LogP contribution < -0.4 is 5.32 Å². The number of rotatable bonds is 4. The van der Waals surface area contributed by atoms with E-state index in [0.717, 1.165) is 18.4 Å². The highest BCUT2D eigenvalue weighted by Crippen LogP contribution is 2.36. The van der Waals surface area contributed by atoms with Crippen molar-refractivity contribution < 1.29 is 0 Å². The number of aromatic nitrogens is 1. The normalized spacial score (nSPS) is 27.9. The first-order valence-electron chi connectivity index (χ1n) is 6.42. The van der Waals surface area contributed by atoms with Crippen LogP contribution in [0.25, 0.3) is 0 Å². The monoisotopic (exact) mass is 238 g/mol. The Morgan fingerprint density at radius 2 is 2.19 bits per heavy atom. The van der Waals surface area contributed by atoms with Gasteiger partial charge in [0.05, 0.1) is 17.2 Å². The van der Waals surface area contributed by atoms with Crippen molar-refractivity contribution >= 4 is 11.3 Å². The maximum Gasteiger partial charge on any atom is 0.0795 e. The quantitative estimate of drug-likeness (QED) is 0.866. The van der Waals surface area contributed by atoms with Gasteiger partial charge in [-0.25, -0.2) is 4.98 Å². The van der Waals surface area contributed by atoms with Crippen LogP contribution in [0.2, 0.25) is 0 Å². The van der Waals surface area contributed by atoms with Crippen molar-refractivity contribution in [2.24, 2.45) is 11.8 Å². The fourth-order valence-electron chi connectivity index (χ4n) is 2.73. The molecule has 16 heavy (non-hydrogen) atoms. The SMILES string of the molecule is CCNC(c1cscn1)C1CCC(C)CC1. The molecule has 1 aliphatic carbocycles. The highest BCUT2D eigenvalue weighted by Gasteiger charge is 2.27. The summed E-state index contributed by atoms with van der Waals surface area (Å²) in [4.78, 5) is 4.49. The molecule has 0 bridgehead atoms. The van der Waals surface area contributed by atoms with Crippen molar-refractivity contribution in [2.45, 2.75) is 45.6 Å². The molecule has 1 saturated carbocycles. The van der Waals surface area contributed by atoms with Gasteiger partial charge in [-0.15, -0.1) is 11.3 Å². The van der Waals surface area contributed by atoms with Crippen LogP contribution in [-0.2, 0) is 0 Å². The molecule has 90 valence electrons. The largest absolute Gasteiger partial charge is 0.309 e. The van der Waals surface area contributed by atoms with E-state index in [1.54, 1.807) is 11.3 Å². The predicted molar refractivity (Wildman–Crippen MR) is 69.7 cm³/mol. The minimum Gasteiger partial charge on any atom is -0.309 e. The second kappa shape index (κ2) is 5.78. The van der Waals surface area contributed by atoms with Gasteiger partial charge in [0.2, 0.25) is 0 Å². The van der Waals surface area contributed by atoms with Gasteiger partial charge in [-0.1, -0.05) is 26.7 Å². The molecule has 2 rings (SSSR count). The van der Waals surface area contributed by atoms with Crippen LogP contribution in [0.5, 0.6) is 0 Å². The summed E-state index contributed by atoms with van der Waals surface area (Å²) in [6.07, 6.45) is 5.49. The average Bonchev–Trinajstić information content (AvgIpc) is 2.81. The highest BCUT2D eigenvalue weighted by atomic mass is 32.1. The molecule has 0 radical (unpaired) electrons. The fourth-order valence-corrected chi connectivity index (χ4v) is 3.32. The molecule has 0 saturated heterocycles. The molecule has 0 spiro atoms. The maximum absolute atomic E-state index is 4.49. The fraction of sp³-hybridized carbons (Fsp3) is 0.769. The molecule has 1 aliphatic rings. The standard InChI is InChI=1S/C13H22N2S/c1-3-14-13(12-8-16-9-15-12)11-6-4-10(2)5-7-11/h8-11,13-14H,3-7H2,1-2H3. The Balaban J connectivity index is 2.02. The lowest BCUT2D eigenvalue weighted by atomic mass is 9.78. The number of nitrogens with one attached hydrogen (secondary N) is 1. The van der Waals surface area contributed by atoms with Gasteiger partial charge in [0.25, 0.3) is 0 Å². The summed E-state index contributed by atoms with van der Waals surface area (Å²) >= 11 is 1.71. The lowest BCUT2D eigenvalue weighted by Crippen LogP contribution is -2.30. The van der Waals surface area contributed by atoms with Crippen molar-refractivity contribution in [3.05, 3.63) is 16.6 Å². The first kappa shape index (κ1) is 12.1. The molecule has 1 aromatic heterocycles. The summed E-state index contributed by atoms with van der Waals surface area (Å²) in [5.41, 5.74) is 3.21. The first-order valence-corrected chi connectivity index (χ1v) is 7.37. The molecule has 1 N–H and O–H groups in total.